The smallest absolute Gasteiger partial charge is 0.225 e. The van der Waals surface area contributed by atoms with E-state index in [1.165, 1.54) is 11.1 Å². The zero-order valence-electron chi connectivity index (χ0n) is 13.7. The highest BCUT2D eigenvalue weighted by atomic mass is 79.9. The van der Waals surface area contributed by atoms with Gasteiger partial charge in [0.25, 0.3) is 0 Å². The number of aromatic nitrogens is 2. The van der Waals surface area contributed by atoms with Gasteiger partial charge in [-0.05, 0) is 46.8 Å². The normalized spacial score (nSPS) is 16.5. The summed E-state index contributed by atoms with van der Waals surface area (Å²) in [5, 5.41) is 0. The quantitative estimate of drug-likeness (QED) is 0.817. The molecule has 23 heavy (non-hydrogen) atoms. The molecule has 0 unspecified atom stereocenters. The Hall–Kier alpha value is -1.46. The van der Waals surface area contributed by atoms with E-state index in [1.807, 2.05) is 12.4 Å². The molecule has 1 aromatic carbocycles. The topological polar surface area (TPSA) is 32.3 Å². The molecule has 0 saturated carbocycles. The van der Waals surface area contributed by atoms with E-state index in [4.69, 9.17) is 0 Å². The van der Waals surface area contributed by atoms with Gasteiger partial charge in [0.05, 0.1) is 4.47 Å². The molecular formula is C18H23BrN4. The first-order valence-corrected chi connectivity index (χ1v) is 8.90. The SMILES string of the molecule is Cc1ccccc1CN1CCC(N(C)c2ncc(Br)cn2)CC1. The first-order valence-electron chi connectivity index (χ1n) is 8.11. The molecule has 0 atom stereocenters. The van der Waals surface area contributed by atoms with Gasteiger partial charge in [-0.1, -0.05) is 24.3 Å². The molecule has 1 saturated heterocycles. The summed E-state index contributed by atoms with van der Waals surface area (Å²) in [6.07, 6.45) is 5.93. The van der Waals surface area contributed by atoms with Crippen molar-refractivity contribution in [2.75, 3.05) is 25.0 Å². The molecule has 1 aliphatic rings. The Morgan fingerprint density at radius 2 is 1.83 bits per heavy atom. The van der Waals surface area contributed by atoms with Crippen molar-refractivity contribution in [2.45, 2.75) is 32.4 Å². The van der Waals surface area contributed by atoms with Crippen molar-refractivity contribution < 1.29 is 0 Å². The minimum Gasteiger partial charge on any atom is -0.341 e. The molecule has 1 aromatic heterocycles. The Kier molecular flexibility index (Phi) is 5.28. The Morgan fingerprint density at radius 3 is 2.48 bits per heavy atom. The first-order chi connectivity index (χ1) is 11.1. The third-order valence-corrected chi connectivity index (χ3v) is 5.09. The van der Waals surface area contributed by atoms with Crippen LogP contribution in [0.15, 0.2) is 41.1 Å². The Balaban J connectivity index is 1.56. The lowest BCUT2D eigenvalue weighted by Crippen LogP contribution is -2.43. The molecule has 122 valence electrons. The average molecular weight is 375 g/mol. The van der Waals surface area contributed by atoms with E-state index in [2.05, 4.69) is 73.9 Å². The summed E-state index contributed by atoms with van der Waals surface area (Å²) in [5.74, 6) is 0.811. The largest absolute Gasteiger partial charge is 0.341 e. The van der Waals surface area contributed by atoms with E-state index in [9.17, 15) is 0 Å². The van der Waals surface area contributed by atoms with E-state index < -0.39 is 0 Å². The summed E-state index contributed by atoms with van der Waals surface area (Å²) < 4.78 is 0.919. The summed E-state index contributed by atoms with van der Waals surface area (Å²) >= 11 is 3.39. The van der Waals surface area contributed by atoms with Crippen LogP contribution in [0.3, 0.4) is 0 Å². The summed E-state index contributed by atoms with van der Waals surface area (Å²) in [6.45, 7) is 5.50. The Bertz CT molecular complexity index is 636. The molecule has 0 N–H and O–H groups in total. The zero-order chi connectivity index (χ0) is 16.2. The van der Waals surface area contributed by atoms with Crippen molar-refractivity contribution >= 4 is 21.9 Å². The number of hydrogen-bond donors (Lipinski definition) is 0. The summed E-state index contributed by atoms with van der Waals surface area (Å²) in [6, 6.07) is 9.19. The van der Waals surface area contributed by atoms with Gasteiger partial charge in [0.2, 0.25) is 5.95 Å². The van der Waals surface area contributed by atoms with E-state index >= 15 is 0 Å². The van der Waals surface area contributed by atoms with E-state index in [-0.39, 0.29) is 0 Å². The van der Waals surface area contributed by atoms with Gasteiger partial charge in [0.1, 0.15) is 0 Å². The van der Waals surface area contributed by atoms with Crippen LogP contribution in [0.25, 0.3) is 0 Å². The number of halogens is 1. The molecule has 0 bridgehead atoms. The molecule has 5 heteroatoms. The Labute approximate surface area is 146 Å². The van der Waals surface area contributed by atoms with Gasteiger partial charge in [-0.25, -0.2) is 9.97 Å². The van der Waals surface area contributed by atoms with Gasteiger partial charge >= 0.3 is 0 Å². The lowest BCUT2D eigenvalue weighted by Gasteiger charge is -2.36. The molecule has 1 aliphatic heterocycles. The van der Waals surface area contributed by atoms with Crippen LogP contribution in [0.4, 0.5) is 5.95 Å². The third kappa shape index (κ3) is 4.09. The highest BCUT2D eigenvalue weighted by Crippen LogP contribution is 2.21. The maximum atomic E-state index is 4.41. The van der Waals surface area contributed by atoms with Crippen molar-refractivity contribution in [1.29, 1.82) is 0 Å². The molecular weight excluding hydrogens is 352 g/mol. The number of rotatable bonds is 4. The van der Waals surface area contributed by atoms with Crippen LogP contribution < -0.4 is 4.90 Å². The van der Waals surface area contributed by atoms with Crippen LogP contribution in [0.2, 0.25) is 0 Å². The molecule has 0 amide bonds. The predicted molar refractivity (Wildman–Crippen MR) is 97.6 cm³/mol. The van der Waals surface area contributed by atoms with Crippen molar-refractivity contribution in [3.63, 3.8) is 0 Å². The maximum Gasteiger partial charge on any atom is 0.225 e. The minimum atomic E-state index is 0.518. The van der Waals surface area contributed by atoms with Crippen molar-refractivity contribution in [3.05, 3.63) is 52.3 Å². The number of benzene rings is 1. The molecule has 0 radical (unpaired) electrons. The van der Waals surface area contributed by atoms with Crippen LogP contribution >= 0.6 is 15.9 Å². The van der Waals surface area contributed by atoms with E-state index in [0.717, 1.165) is 42.9 Å². The van der Waals surface area contributed by atoms with Gasteiger partial charge in [-0.2, -0.15) is 0 Å². The molecule has 3 rings (SSSR count). The van der Waals surface area contributed by atoms with Gasteiger partial charge in [0, 0.05) is 45.1 Å². The maximum absolute atomic E-state index is 4.41. The van der Waals surface area contributed by atoms with Gasteiger partial charge < -0.3 is 4.90 Å². The zero-order valence-corrected chi connectivity index (χ0v) is 15.3. The summed E-state index contributed by atoms with van der Waals surface area (Å²) in [5.41, 5.74) is 2.82. The van der Waals surface area contributed by atoms with Crippen molar-refractivity contribution in [3.8, 4) is 0 Å². The highest BCUT2D eigenvalue weighted by molar-refractivity contribution is 9.10. The molecule has 1 fully saturated rings. The fourth-order valence-corrected chi connectivity index (χ4v) is 3.35. The third-order valence-electron chi connectivity index (χ3n) is 4.68. The number of hydrogen-bond acceptors (Lipinski definition) is 4. The molecule has 4 nitrogen and oxygen atoms in total. The van der Waals surface area contributed by atoms with Crippen molar-refractivity contribution in [1.82, 2.24) is 14.9 Å². The second-order valence-electron chi connectivity index (χ2n) is 6.25. The van der Waals surface area contributed by atoms with Gasteiger partial charge in [-0.15, -0.1) is 0 Å². The van der Waals surface area contributed by atoms with Crippen LogP contribution in [0.1, 0.15) is 24.0 Å². The van der Waals surface area contributed by atoms with E-state index in [1.54, 1.807) is 0 Å². The van der Waals surface area contributed by atoms with E-state index in [0.29, 0.717) is 6.04 Å². The Morgan fingerprint density at radius 1 is 1.17 bits per heavy atom. The second kappa shape index (κ2) is 7.41. The second-order valence-corrected chi connectivity index (χ2v) is 7.16. The average Bonchev–Trinajstić information content (AvgIpc) is 2.58. The summed E-state index contributed by atoms with van der Waals surface area (Å²) in [4.78, 5) is 13.6. The number of piperidine rings is 1. The minimum absolute atomic E-state index is 0.518. The van der Waals surface area contributed by atoms with Crippen molar-refractivity contribution in [2.24, 2.45) is 0 Å². The van der Waals surface area contributed by atoms with Crippen LogP contribution in [0, 0.1) is 6.92 Å². The summed E-state index contributed by atoms with van der Waals surface area (Å²) in [7, 11) is 2.10. The number of nitrogens with zero attached hydrogens (tertiary/aromatic N) is 4. The molecule has 0 aliphatic carbocycles. The molecule has 2 aromatic rings. The van der Waals surface area contributed by atoms with Gasteiger partial charge in [-0.3, -0.25) is 4.90 Å². The number of likely N-dealkylation sites (tertiary alicyclic amines) is 1. The van der Waals surface area contributed by atoms with Crippen LogP contribution in [0.5, 0.6) is 0 Å². The number of aryl methyl sites for hydroxylation is 1. The molecule has 0 spiro atoms. The van der Waals surface area contributed by atoms with Crippen LogP contribution in [-0.4, -0.2) is 41.0 Å². The number of anilines is 1. The first kappa shape index (κ1) is 16.4. The monoisotopic (exact) mass is 374 g/mol. The fraction of sp³-hybridized carbons (Fsp3) is 0.444. The molecule has 2 heterocycles. The van der Waals surface area contributed by atoms with Crippen LogP contribution in [-0.2, 0) is 6.54 Å². The fourth-order valence-electron chi connectivity index (χ4n) is 3.14. The predicted octanol–water partition coefficient (Wildman–Crippen LogP) is 3.65. The lowest BCUT2D eigenvalue weighted by molar-refractivity contribution is 0.202. The van der Waals surface area contributed by atoms with Gasteiger partial charge in [0.15, 0.2) is 0 Å². The lowest BCUT2D eigenvalue weighted by atomic mass is 10.0. The highest BCUT2D eigenvalue weighted by Gasteiger charge is 2.24. The standard InChI is InChI=1S/C18H23BrN4/c1-14-5-3-4-6-15(14)13-23-9-7-17(8-10-23)22(2)18-20-11-16(19)12-21-18/h3-6,11-12,17H,7-10,13H2,1-2H3.